The summed E-state index contributed by atoms with van der Waals surface area (Å²) < 4.78 is 23.2. The van der Waals surface area contributed by atoms with Crippen LogP contribution in [-0.2, 0) is 28.5 Å². The monoisotopic (exact) mass is 430 g/mol. The molecule has 5 aliphatic rings. The number of hydrogen-bond acceptors (Lipinski definition) is 6. The molecule has 0 aromatic rings. The Hall–Kier alpha value is -1.66. The number of esters is 1. The number of carbonyl (C=O) groups excluding carboxylic acids is 2. The Bertz CT molecular complexity index is 860. The number of fused-ring (bicyclic) bond motifs is 6. The van der Waals surface area contributed by atoms with Crippen molar-refractivity contribution >= 4 is 11.8 Å². The summed E-state index contributed by atoms with van der Waals surface area (Å²) in [6.45, 7) is 4.10. The molecule has 1 spiro atoms. The molecule has 0 bridgehead atoms. The van der Waals surface area contributed by atoms with Crippen LogP contribution >= 0.6 is 0 Å². The van der Waals surface area contributed by atoms with Crippen molar-refractivity contribution < 1.29 is 28.5 Å². The van der Waals surface area contributed by atoms with Crippen molar-refractivity contribution in [3.05, 3.63) is 23.5 Å². The van der Waals surface area contributed by atoms with E-state index >= 15 is 0 Å². The zero-order chi connectivity index (χ0) is 22.0. The second kappa shape index (κ2) is 7.17. The van der Waals surface area contributed by atoms with E-state index in [1.165, 1.54) is 18.8 Å². The minimum absolute atomic E-state index is 0.143. The van der Waals surface area contributed by atoms with Gasteiger partial charge in [0.15, 0.2) is 5.78 Å². The number of rotatable bonds is 2. The van der Waals surface area contributed by atoms with Gasteiger partial charge in [0.1, 0.15) is 11.4 Å². The lowest BCUT2D eigenvalue weighted by Crippen LogP contribution is -2.54. The van der Waals surface area contributed by atoms with Crippen LogP contribution in [0.15, 0.2) is 23.5 Å². The largest absolute Gasteiger partial charge is 0.466 e. The van der Waals surface area contributed by atoms with Crippen molar-refractivity contribution in [3.63, 3.8) is 0 Å². The quantitative estimate of drug-likeness (QED) is 0.481. The van der Waals surface area contributed by atoms with E-state index in [0.29, 0.717) is 41.6 Å². The van der Waals surface area contributed by atoms with Crippen molar-refractivity contribution in [1.29, 1.82) is 0 Å². The molecule has 1 heterocycles. The fourth-order valence-corrected chi connectivity index (χ4v) is 7.82. The molecule has 4 aliphatic carbocycles. The second-order valence-corrected chi connectivity index (χ2v) is 10.4. The van der Waals surface area contributed by atoms with Gasteiger partial charge in [-0.1, -0.05) is 12.5 Å². The molecule has 4 fully saturated rings. The highest BCUT2D eigenvalue weighted by Crippen LogP contribution is 2.69. The van der Waals surface area contributed by atoms with Crippen LogP contribution in [0.5, 0.6) is 0 Å². The Balaban J connectivity index is 1.50. The molecule has 7 atom stereocenters. The van der Waals surface area contributed by atoms with E-state index in [4.69, 9.17) is 18.9 Å². The van der Waals surface area contributed by atoms with E-state index in [1.807, 2.05) is 6.08 Å². The maximum Gasteiger partial charge on any atom is 0.333 e. The van der Waals surface area contributed by atoms with Gasteiger partial charge in [0, 0.05) is 25.9 Å². The molecule has 0 N–H and O–H groups in total. The van der Waals surface area contributed by atoms with Gasteiger partial charge in [-0.3, -0.25) is 4.79 Å². The molecule has 6 nitrogen and oxygen atoms in total. The van der Waals surface area contributed by atoms with Gasteiger partial charge >= 0.3 is 11.9 Å². The van der Waals surface area contributed by atoms with Crippen molar-refractivity contribution in [2.75, 3.05) is 14.2 Å². The number of allylic oxidation sites excluding steroid dienone is 1. The third-order valence-corrected chi connectivity index (χ3v) is 9.29. The Morgan fingerprint density at radius 3 is 2.65 bits per heavy atom. The van der Waals surface area contributed by atoms with E-state index in [2.05, 4.69) is 6.92 Å². The van der Waals surface area contributed by atoms with Gasteiger partial charge in [-0.15, -0.1) is 0 Å². The highest BCUT2D eigenvalue weighted by Gasteiger charge is 2.70. The van der Waals surface area contributed by atoms with Gasteiger partial charge in [0.05, 0.1) is 13.2 Å². The number of ketones is 1. The minimum Gasteiger partial charge on any atom is -0.466 e. The van der Waals surface area contributed by atoms with Crippen LogP contribution in [0.2, 0.25) is 0 Å². The molecule has 1 aliphatic heterocycles. The molecule has 1 unspecified atom stereocenters. The standard InChI is InChI=1S/C25H34O6/c1-23-11-9-18-17-8-6-16(26)13-15(17)5-7-19(18)20(23)10-12-25(23)21(14-22(27)28-3)30-24(2,29-4)31-25/h13-14,17-20H,5-12H2,1-4H3/t17-,18+,19+,20-,23-,24?,25+/m0/s1. The van der Waals surface area contributed by atoms with Crippen molar-refractivity contribution in [2.24, 2.45) is 29.1 Å². The molecule has 3 saturated carbocycles. The first-order valence-corrected chi connectivity index (χ1v) is 11.7. The van der Waals surface area contributed by atoms with Gasteiger partial charge in [-0.25, -0.2) is 4.79 Å². The van der Waals surface area contributed by atoms with Crippen LogP contribution in [0.4, 0.5) is 0 Å². The summed E-state index contributed by atoms with van der Waals surface area (Å²) in [7, 11) is 2.95. The number of hydrogen-bond donors (Lipinski definition) is 0. The van der Waals surface area contributed by atoms with Crippen LogP contribution in [0, 0.1) is 29.1 Å². The predicted octanol–water partition coefficient (Wildman–Crippen LogP) is 4.29. The lowest BCUT2D eigenvalue weighted by molar-refractivity contribution is -0.331. The van der Waals surface area contributed by atoms with Crippen LogP contribution in [0.1, 0.15) is 65.2 Å². The van der Waals surface area contributed by atoms with Crippen LogP contribution in [0.3, 0.4) is 0 Å². The third-order valence-electron chi connectivity index (χ3n) is 9.29. The van der Waals surface area contributed by atoms with Crippen molar-refractivity contribution in [1.82, 2.24) is 0 Å². The average Bonchev–Trinajstić information content (AvgIpc) is 3.22. The van der Waals surface area contributed by atoms with E-state index in [9.17, 15) is 9.59 Å². The van der Waals surface area contributed by atoms with Gasteiger partial charge < -0.3 is 18.9 Å². The van der Waals surface area contributed by atoms with E-state index in [1.54, 1.807) is 14.0 Å². The zero-order valence-electron chi connectivity index (χ0n) is 19.1. The molecule has 1 saturated heterocycles. The molecule has 0 amide bonds. The Labute approximate surface area is 184 Å². The number of ether oxygens (including phenoxy) is 4. The molecule has 5 rings (SSSR count). The van der Waals surface area contributed by atoms with E-state index < -0.39 is 17.5 Å². The van der Waals surface area contributed by atoms with Crippen LogP contribution < -0.4 is 0 Å². The van der Waals surface area contributed by atoms with Crippen molar-refractivity contribution in [3.8, 4) is 0 Å². The van der Waals surface area contributed by atoms with Gasteiger partial charge in [-0.05, 0) is 74.7 Å². The fourth-order valence-electron chi connectivity index (χ4n) is 7.82. The summed E-state index contributed by atoms with van der Waals surface area (Å²) >= 11 is 0. The normalized spacial score (nSPS) is 47.4. The van der Waals surface area contributed by atoms with Crippen LogP contribution in [-0.4, -0.2) is 37.5 Å². The smallest absolute Gasteiger partial charge is 0.333 e. The predicted molar refractivity (Wildman–Crippen MR) is 113 cm³/mol. The minimum atomic E-state index is -1.21. The highest BCUT2D eigenvalue weighted by molar-refractivity contribution is 5.91. The summed E-state index contributed by atoms with van der Waals surface area (Å²) in [6, 6.07) is 0. The molecule has 0 aromatic carbocycles. The fraction of sp³-hybridized carbons (Fsp3) is 0.760. The van der Waals surface area contributed by atoms with E-state index in [0.717, 1.165) is 44.9 Å². The molecular formula is C25H34O6. The third kappa shape index (κ3) is 2.97. The Morgan fingerprint density at radius 1 is 1.10 bits per heavy atom. The lowest BCUT2D eigenvalue weighted by Gasteiger charge is -2.55. The van der Waals surface area contributed by atoms with Crippen LogP contribution in [0.25, 0.3) is 0 Å². The summed E-state index contributed by atoms with van der Waals surface area (Å²) in [4.78, 5) is 24.1. The maximum absolute atomic E-state index is 12.2. The first kappa shape index (κ1) is 21.2. The highest BCUT2D eigenvalue weighted by atomic mass is 16.9. The first-order chi connectivity index (χ1) is 14.7. The number of methoxy groups -OCH3 is 2. The molecule has 0 radical (unpaired) electrons. The number of carbonyl (C=O) groups is 2. The molecule has 0 aromatic heterocycles. The van der Waals surface area contributed by atoms with Gasteiger partial charge in [0.25, 0.3) is 0 Å². The lowest BCUT2D eigenvalue weighted by atomic mass is 9.50. The molecular weight excluding hydrogens is 396 g/mol. The molecule has 31 heavy (non-hydrogen) atoms. The maximum atomic E-state index is 12.2. The SMILES string of the molecule is COC(=O)C=C1OC(C)(OC)O[C@]12CC[C@H]1[C@@H]3CCC4=CC(=O)CC[C@@H]4[C@H]3CC[C@@]12C. The summed E-state index contributed by atoms with van der Waals surface area (Å²) in [5.41, 5.74) is 0.573. The molecule has 6 heteroatoms. The second-order valence-electron chi connectivity index (χ2n) is 10.4. The summed E-state index contributed by atoms with van der Waals surface area (Å²) in [5.74, 6) is 1.53. The topological polar surface area (TPSA) is 71.1 Å². The average molecular weight is 431 g/mol. The summed E-state index contributed by atoms with van der Waals surface area (Å²) in [6.07, 6.45) is 11.3. The molecule has 170 valence electrons. The first-order valence-electron chi connectivity index (χ1n) is 11.7. The zero-order valence-corrected chi connectivity index (χ0v) is 19.1. The summed E-state index contributed by atoms with van der Waals surface area (Å²) in [5, 5.41) is 0. The van der Waals surface area contributed by atoms with E-state index in [-0.39, 0.29) is 5.41 Å². The Morgan fingerprint density at radius 2 is 1.90 bits per heavy atom. The Kier molecular flexibility index (Phi) is 4.91. The van der Waals surface area contributed by atoms with Crippen molar-refractivity contribution in [2.45, 2.75) is 76.8 Å². The van der Waals surface area contributed by atoms with Gasteiger partial charge in [-0.2, -0.15) is 0 Å². The van der Waals surface area contributed by atoms with Gasteiger partial charge in [0.2, 0.25) is 0 Å².